The lowest BCUT2D eigenvalue weighted by atomic mass is 10.3. The number of piperazine rings is 1. The number of hydrogen-bond acceptors (Lipinski definition) is 5. The van der Waals surface area contributed by atoms with Crippen molar-refractivity contribution in [1.29, 1.82) is 0 Å². The summed E-state index contributed by atoms with van der Waals surface area (Å²) in [5.74, 6) is 0. The van der Waals surface area contributed by atoms with E-state index in [4.69, 9.17) is 5.73 Å². The Bertz CT molecular complexity index is 267. The van der Waals surface area contributed by atoms with Gasteiger partial charge in [0, 0.05) is 51.2 Å². The molecule has 2 heterocycles. The molecule has 5 heteroatoms. The minimum Gasteiger partial charge on any atom is -0.329 e. The van der Waals surface area contributed by atoms with Crippen LogP contribution in [0, 0.1) is 0 Å². The van der Waals surface area contributed by atoms with Gasteiger partial charge in [-0.1, -0.05) is 0 Å². The Hall–Kier alpha value is -0.490. The molecule has 15 heavy (non-hydrogen) atoms. The zero-order chi connectivity index (χ0) is 10.5. The van der Waals surface area contributed by atoms with E-state index >= 15 is 0 Å². The Kier molecular flexibility index (Phi) is 4.08. The third-order valence-corrected chi connectivity index (χ3v) is 3.41. The second kappa shape index (κ2) is 5.55. The average Bonchev–Trinajstić information content (AvgIpc) is 2.74. The standard InChI is InChI=1S/C10H18N4S/c11-1-2-13-3-5-14(6-4-13)7-10-8-15-9-12-10/h8-9H,1-7,11H2. The number of rotatable bonds is 4. The highest BCUT2D eigenvalue weighted by atomic mass is 32.1. The molecule has 0 spiro atoms. The predicted molar refractivity (Wildman–Crippen MR) is 62.9 cm³/mol. The molecule has 0 saturated carbocycles. The summed E-state index contributed by atoms with van der Waals surface area (Å²) in [5, 5.41) is 2.13. The normalized spacial score (nSPS) is 19.5. The second-order valence-electron chi connectivity index (χ2n) is 3.89. The van der Waals surface area contributed by atoms with Crippen LogP contribution in [0.1, 0.15) is 5.69 Å². The fourth-order valence-electron chi connectivity index (χ4n) is 1.90. The van der Waals surface area contributed by atoms with Crippen molar-refractivity contribution in [3.05, 3.63) is 16.6 Å². The molecule has 1 fully saturated rings. The summed E-state index contributed by atoms with van der Waals surface area (Å²) < 4.78 is 0. The molecule has 1 aliphatic heterocycles. The Balaban J connectivity index is 1.74. The van der Waals surface area contributed by atoms with Crippen LogP contribution in [0.15, 0.2) is 10.9 Å². The van der Waals surface area contributed by atoms with E-state index in [0.29, 0.717) is 0 Å². The zero-order valence-electron chi connectivity index (χ0n) is 8.93. The maximum atomic E-state index is 5.54. The maximum Gasteiger partial charge on any atom is 0.0795 e. The van der Waals surface area contributed by atoms with Crippen LogP contribution in [0.5, 0.6) is 0 Å². The fourth-order valence-corrected chi connectivity index (χ4v) is 2.45. The van der Waals surface area contributed by atoms with Crippen LogP contribution in [0.2, 0.25) is 0 Å². The molecule has 0 aliphatic carbocycles. The molecule has 1 aromatic rings. The van der Waals surface area contributed by atoms with E-state index in [-0.39, 0.29) is 0 Å². The van der Waals surface area contributed by atoms with Gasteiger partial charge < -0.3 is 5.73 Å². The summed E-state index contributed by atoms with van der Waals surface area (Å²) in [4.78, 5) is 9.20. The first-order chi connectivity index (χ1) is 7.38. The zero-order valence-corrected chi connectivity index (χ0v) is 9.75. The van der Waals surface area contributed by atoms with Crippen LogP contribution >= 0.6 is 11.3 Å². The van der Waals surface area contributed by atoms with Gasteiger partial charge >= 0.3 is 0 Å². The van der Waals surface area contributed by atoms with Crippen molar-refractivity contribution in [2.24, 2.45) is 5.73 Å². The highest BCUT2D eigenvalue weighted by molar-refractivity contribution is 7.07. The number of nitrogens with two attached hydrogens (primary N) is 1. The van der Waals surface area contributed by atoms with Gasteiger partial charge in [0.15, 0.2) is 0 Å². The fraction of sp³-hybridized carbons (Fsp3) is 0.700. The smallest absolute Gasteiger partial charge is 0.0795 e. The summed E-state index contributed by atoms with van der Waals surface area (Å²) in [5.41, 5.74) is 8.64. The van der Waals surface area contributed by atoms with E-state index in [9.17, 15) is 0 Å². The van der Waals surface area contributed by atoms with Crippen molar-refractivity contribution in [3.63, 3.8) is 0 Å². The molecular formula is C10H18N4S. The Morgan fingerprint density at radius 2 is 2.00 bits per heavy atom. The van der Waals surface area contributed by atoms with E-state index < -0.39 is 0 Å². The topological polar surface area (TPSA) is 45.4 Å². The Morgan fingerprint density at radius 3 is 2.60 bits per heavy atom. The van der Waals surface area contributed by atoms with Crippen LogP contribution < -0.4 is 5.73 Å². The Morgan fingerprint density at radius 1 is 1.27 bits per heavy atom. The van der Waals surface area contributed by atoms with E-state index in [2.05, 4.69) is 20.2 Å². The summed E-state index contributed by atoms with van der Waals surface area (Å²) in [6.07, 6.45) is 0. The van der Waals surface area contributed by atoms with Crippen molar-refractivity contribution in [1.82, 2.24) is 14.8 Å². The number of aromatic nitrogens is 1. The van der Waals surface area contributed by atoms with E-state index in [1.165, 1.54) is 5.69 Å². The van der Waals surface area contributed by atoms with E-state index in [0.717, 1.165) is 45.8 Å². The van der Waals surface area contributed by atoms with Crippen LogP contribution in [0.3, 0.4) is 0 Å². The van der Waals surface area contributed by atoms with E-state index in [1.807, 2.05) is 5.51 Å². The maximum absolute atomic E-state index is 5.54. The van der Waals surface area contributed by atoms with Gasteiger partial charge in [0.2, 0.25) is 0 Å². The first-order valence-electron chi connectivity index (χ1n) is 5.40. The summed E-state index contributed by atoms with van der Waals surface area (Å²) in [6, 6.07) is 0. The summed E-state index contributed by atoms with van der Waals surface area (Å²) >= 11 is 1.67. The SMILES string of the molecule is NCCN1CCN(Cc2cscn2)CC1. The van der Waals surface area contributed by atoms with Crippen LogP contribution in [0.4, 0.5) is 0 Å². The van der Waals surface area contributed by atoms with Gasteiger partial charge in [-0.05, 0) is 0 Å². The van der Waals surface area contributed by atoms with Gasteiger partial charge in [0.05, 0.1) is 11.2 Å². The molecule has 1 aromatic heterocycles. The summed E-state index contributed by atoms with van der Waals surface area (Å²) in [7, 11) is 0. The highest BCUT2D eigenvalue weighted by Gasteiger charge is 2.16. The monoisotopic (exact) mass is 226 g/mol. The van der Waals surface area contributed by atoms with Crippen molar-refractivity contribution in [3.8, 4) is 0 Å². The molecule has 0 radical (unpaired) electrons. The van der Waals surface area contributed by atoms with Crippen molar-refractivity contribution >= 4 is 11.3 Å². The lowest BCUT2D eigenvalue weighted by molar-refractivity contribution is 0.129. The molecule has 1 saturated heterocycles. The largest absolute Gasteiger partial charge is 0.329 e. The summed E-state index contributed by atoms with van der Waals surface area (Å²) in [6.45, 7) is 7.36. The molecule has 2 N–H and O–H groups in total. The van der Waals surface area contributed by atoms with Crippen LogP contribution in [-0.4, -0.2) is 54.1 Å². The minimum atomic E-state index is 0.770. The van der Waals surface area contributed by atoms with Gasteiger partial charge in [-0.2, -0.15) is 0 Å². The molecule has 1 aliphatic rings. The molecule has 2 rings (SSSR count). The molecular weight excluding hydrogens is 208 g/mol. The van der Waals surface area contributed by atoms with Gasteiger partial charge in [0.25, 0.3) is 0 Å². The lowest BCUT2D eigenvalue weighted by Gasteiger charge is -2.33. The third-order valence-electron chi connectivity index (χ3n) is 2.78. The van der Waals surface area contributed by atoms with Crippen LogP contribution in [0.25, 0.3) is 0 Å². The molecule has 84 valence electrons. The van der Waals surface area contributed by atoms with Gasteiger partial charge in [0.1, 0.15) is 0 Å². The van der Waals surface area contributed by atoms with Gasteiger partial charge in [-0.3, -0.25) is 9.80 Å². The van der Waals surface area contributed by atoms with Gasteiger partial charge in [-0.25, -0.2) is 4.98 Å². The molecule has 0 aromatic carbocycles. The van der Waals surface area contributed by atoms with Crippen molar-refractivity contribution < 1.29 is 0 Å². The van der Waals surface area contributed by atoms with Crippen molar-refractivity contribution in [2.75, 3.05) is 39.3 Å². The first kappa shape index (κ1) is 11.0. The second-order valence-corrected chi connectivity index (χ2v) is 4.60. The van der Waals surface area contributed by atoms with Crippen LogP contribution in [-0.2, 0) is 6.54 Å². The average molecular weight is 226 g/mol. The minimum absolute atomic E-state index is 0.770. The Labute approximate surface area is 94.7 Å². The number of thiazole rings is 1. The third kappa shape index (κ3) is 3.24. The molecule has 0 bridgehead atoms. The molecule has 0 atom stereocenters. The first-order valence-corrected chi connectivity index (χ1v) is 6.34. The lowest BCUT2D eigenvalue weighted by Crippen LogP contribution is -2.47. The highest BCUT2D eigenvalue weighted by Crippen LogP contribution is 2.08. The van der Waals surface area contributed by atoms with Gasteiger partial charge in [-0.15, -0.1) is 11.3 Å². The number of hydrogen-bond donors (Lipinski definition) is 1. The quantitative estimate of drug-likeness (QED) is 0.798. The van der Waals surface area contributed by atoms with Crippen molar-refractivity contribution in [2.45, 2.75) is 6.54 Å². The molecule has 4 nitrogen and oxygen atoms in total. The number of nitrogens with zero attached hydrogens (tertiary/aromatic N) is 3. The predicted octanol–water partition coefficient (Wildman–Crippen LogP) is 0.219. The molecule has 0 unspecified atom stereocenters. The molecule has 0 amide bonds. The van der Waals surface area contributed by atoms with E-state index in [1.54, 1.807) is 11.3 Å².